The number of nitrogens with zero attached hydrogens (tertiary/aromatic N) is 1. The normalized spacial score (nSPS) is 11.0. The standard InChI is InChI=1S/3C6H5.C3H7NO2.Sn/c3*1-2-4-6-5-3-1;1-4(2)3(5)6;/h3*1-5H;1-2H3,(H,5,6);/q;;;;+1/p-1. The first-order chi connectivity index (χ1) is 12.1. The second kappa shape index (κ2) is 7.74. The molecule has 3 nitrogen and oxygen atoms in total. The van der Waals surface area contributed by atoms with Gasteiger partial charge in [-0.1, -0.05) is 0 Å². The molecule has 0 saturated heterocycles. The van der Waals surface area contributed by atoms with Gasteiger partial charge in [-0.2, -0.15) is 0 Å². The van der Waals surface area contributed by atoms with Crippen LogP contribution in [0.15, 0.2) is 91.0 Å². The van der Waals surface area contributed by atoms with Crippen LogP contribution < -0.4 is 10.7 Å². The molecule has 0 aliphatic carbocycles. The van der Waals surface area contributed by atoms with Crippen molar-refractivity contribution in [3.05, 3.63) is 91.0 Å². The van der Waals surface area contributed by atoms with E-state index in [1.165, 1.54) is 4.90 Å². The number of amides is 1. The number of rotatable bonds is 4. The summed E-state index contributed by atoms with van der Waals surface area (Å²) in [4.78, 5) is 14.1. The first-order valence-corrected chi connectivity index (χ1v) is 13.7. The Hall–Kier alpha value is -2.27. The fraction of sp³-hybridized carbons (Fsp3) is 0.0952. The van der Waals surface area contributed by atoms with Crippen LogP contribution in [-0.2, 0) is 3.07 Å². The van der Waals surface area contributed by atoms with Gasteiger partial charge in [0.25, 0.3) is 0 Å². The zero-order valence-corrected chi connectivity index (χ0v) is 17.3. The SMILES string of the molecule is CN(C)C(=O)[O][Sn]([c]1ccccc1)([c]1ccccc1)[c]1ccccc1. The third kappa shape index (κ3) is 3.56. The topological polar surface area (TPSA) is 29.5 Å². The summed E-state index contributed by atoms with van der Waals surface area (Å²) in [6.07, 6.45) is -0.299. The second-order valence-corrected chi connectivity index (χ2v) is 15.5. The Morgan fingerprint density at radius 3 is 1.28 bits per heavy atom. The minimum atomic E-state index is -3.93. The van der Waals surface area contributed by atoms with Crippen molar-refractivity contribution in [3.63, 3.8) is 0 Å². The first-order valence-electron chi connectivity index (χ1n) is 8.21. The number of hydrogen-bond donors (Lipinski definition) is 0. The molecule has 126 valence electrons. The van der Waals surface area contributed by atoms with E-state index in [9.17, 15) is 4.79 Å². The van der Waals surface area contributed by atoms with Gasteiger partial charge in [0.15, 0.2) is 0 Å². The van der Waals surface area contributed by atoms with Gasteiger partial charge in [0.2, 0.25) is 0 Å². The van der Waals surface area contributed by atoms with Gasteiger partial charge in [-0.15, -0.1) is 0 Å². The first kappa shape index (κ1) is 17.5. The summed E-state index contributed by atoms with van der Waals surface area (Å²) < 4.78 is 9.70. The molecule has 25 heavy (non-hydrogen) atoms. The van der Waals surface area contributed by atoms with Crippen molar-refractivity contribution in [2.75, 3.05) is 14.1 Å². The summed E-state index contributed by atoms with van der Waals surface area (Å²) in [5.74, 6) is 0. The molecule has 0 atom stereocenters. The van der Waals surface area contributed by atoms with Crippen molar-refractivity contribution < 1.29 is 7.87 Å². The van der Waals surface area contributed by atoms with E-state index >= 15 is 0 Å². The summed E-state index contributed by atoms with van der Waals surface area (Å²) in [7, 11) is 3.44. The van der Waals surface area contributed by atoms with Gasteiger partial charge in [-0.25, -0.2) is 0 Å². The molecule has 0 bridgehead atoms. The Kier molecular flexibility index (Phi) is 5.43. The Morgan fingerprint density at radius 1 is 0.680 bits per heavy atom. The van der Waals surface area contributed by atoms with Crippen LogP contribution in [0.2, 0.25) is 0 Å². The Labute approximate surface area is 153 Å². The van der Waals surface area contributed by atoms with Crippen molar-refractivity contribution in [2.45, 2.75) is 0 Å². The molecule has 0 aromatic heterocycles. The molecule has 1 amide bonds. The van der Waals surface area contributed by atoms with Crippen LogP contribution in [0.5, 0.6) is 0 Å². The van der Waals surface area contributed by atoms with Gasteiger partial charge >= 0.3 is 153 Å². The Morgan fingerprint density at radius 2 is 1.00 bits per heavy atom. The third-order valence-corrected chi connectivity index (χ3v) is 15.3. The summed E-state index contributed by atoms with van der Waals surface area (Å²) in [5, 5.41) is 0. The van der Waals surface area contributed by atoms with Gasteiger partial charge in [0.1, 0.15) is 0 Å². The van der Waals surface area contributed by atoms with Gasteiger partial charge in [0, 0.05) is 0 Å². The van der Waals surface area contributed by atoms with Gasteiger partial charge in [-0.05, 0) is 0 Å². The Bertz CT molecular complexity index is 724. The molecule has 3 rings (SSSR count). The monoisotopic (exact) mass is 439 g/mol. The molecule has 3 aromatic rings. The molecule has 0 saturated carbocycles. The molecule has 0 aliphatic rings. The molecule has 0 aliphatic heterocycles. The third-order valence-electron chi connectivity index (χ3n) is 4.15. The van der Waals surface area contributed by atoms with Crippen molar-refractivity contribution in [2.24, 2.45) is 0 Å². The number of carbonyl (C=O) groups excluding carboxylic acids is 1. The summed E-state index contributed by atoms with van der Waals surface area (Å²) >= 11 is -3.93. The van der Waals surface area contributed by atoms with Crippen molar-refractivity contribution in [1.29, 1.82) is 0 Å². The van der Waals surface area contributed by atoms with Gasteiger partial charge in [0.05, 0.1) is 0 Å². The van der Waals surface area contributed by atoms with Gasteiger partial charge < -0.3 is 0 Å². The Balaban J connectivity index is 2.29. The molecule has 0 fully saturated rings. The number of benzene rings is 3. The fourth-order valence-electron chi connectivity index (χ4n) is 2.92. The summed E-state index contributed by atoms with van der Waals surface area (Å²) in [5.41, 5.74) is 0. The molecular weight excluding hydrogens is 417 g/mol. The van der Waals surface area contributed by atoms with Crippen LogP contribution in [0, 0.1) is 0 Å². The van der Waals surface area contributed by atoms with Crippen LogP contribution in [0.25, 0.3) is 0 Å². The average molecular weight is 438 g/mol. The zero-order valence-electron chi connectivity index (χ0n) is 14.4. The van der Waals surface area contributed by atoms with Crippen LogP contribution in [0.1, 0.15) is 0 Å². The van der Waals surface area contributed by atoms with E-state index in [2.05, 4.69) is 36.4 Å². The number of carbonyl (C=O) groups is 1. The fourth-order valence-corrected chi connectivity index (χ4v) is 13.7. The van der Waals surface area contributed by atoms with E-state index in [4.69, 9.17) is 3.07 Å². The average Bonchev–Trinajstić information content (AvgIpc) is 2.68. The van der Waals surface area contributed by atoms with Crippen LogP contribution in [0.4, 0.5) is 4.79 Å². The van der Waals surface area contributed by atoms with E-state index in [-0.39, 0.29) is 6.09 Å². The van der Waals surface area contributed by atoms with E-state index in [0.717, 1.165) is 10.7 Å². The predicted molar refractivity (Wildman–Crippen MR) is 104 cm³/mol. The van der Waals surface area contributed by atoms with Crippen molar-refractivity contribution in [3.8, 4) is 0 Å². The van der Waals surface area contributed by atoms with E-state index in [1.54, 1.807) is 14.1 Å². The molecular formula is C21H21NO2Sn. The molecule has 0 heterocycles. The van der Waals surface area contributed by atoms with Crippen molar-refractivity contribution >= 4 is 35.6 Å². The predicted octanol–water partition coefficient (Wildman–Crippen LogP) is 2.35. The molecule has 0 unspecified atom stereocenters. The molecule has 4 heteroatoms. The van der Waals surface area contributed by atoms with Gasteiger partial charge in [-0.3, -0.25) is 0 Å². The van der Waals surface area contributed by atoms with E-state index < -0.39 is 18.8 Å². The maximum absolute atomic E-state index is 12.6. The zero-order chi connectivity index (χ0) is 17.7. The van der Waals surface area contributed by atoms with E-state index in [1.807, 2.05) is 54.6 Å². The van der Waals surface area contributed by atoms with Crippen LogP contribution >= 0.6 is 0 Å². The van der Waals surface area contributed by atoms with E-state index in [0.29, 0.717) is 0 Å². The summed E-state index contributed by atoms with van der Waals surface area (Å²) in [6.45, 7) is 0. The van der Waals surface area contributed by atoms with Crippen LogP contribution in [-0.4, -0.2) is 43.9 Å². The quantitative estimate of drug-likeness (QED) is 0.586. The molecule has 0 radical (unpaired) electrons. The number of hydrogen-bond acceptors (Lipinski definition) is 2. The summed E-state index contributed by atoms with van der Waals surface area (Å²) in [6, 6.07) is 30.5. The second-order valence-electron chi connectivity index (χ2n) is 6.04. The van der Waals surface area contributed by atoms with Crippen LogP contribution in [0.3, 0.4) is 0 Å². The maximum atomic E-state index is 12.6. The molecule has 0 N–H and O–H groups in total. The molecule has 0 spiro atoms. The van der Waals surface area contributed by atoms with Crippen molar-refractivity contribution in [1.82, 2.24) is 4.90 Å². The minimum absolute atomic E-state index is 0.299. The molecule has 3 aromatic carbocycles.